The molecule has 0 saturated carbocycles. The average Bonchev–Trinajstić information content (AvgIpc) is 2.33. The normalized spacial score (nSPS) is 11.6. The molecule has 0 spiro atoms. The van der Waals surface area contributed by atoms with Crippen LogP contribution in [-0.2, 0) is 0 Å². The summed E-state index contributed by atoms with van der Waals surface area (Å²) in [4.78, 5) is 8.27. The number of pyridine rings is 1. The fourth-order valence-corrected chi connectivity index (χ4v) is 1.70. The van der Waals surface area contributed by atoms with Gasteiger partial charge in [-0.3, -0.25) is 4.98 Å². The number of aliphatic imine (C=N–C) groups is 1. The first kappa shape index (κ1) is 12.4. The molecule has 0 bridgehead atoms. The van der Waals surface area contributed by atoms with Gasteiger partial charge in [-0.1, -0.05) is 46.9 Å². The molecule has 0 fully saturated rings. The monoisotopic (exact) mass is 284 g/mol. The molecular weight excluding hydrogens is 279 g/mol. The first-order valence-corrected chi connectivity index (χ1v) is 5.91. The van der Waals surface area contributed by atoms with Crippen molar-refractivity contribution >= 4 is 45.7 Å². The summed E-state index contributed by atoms with van der Waals surface area (Å²) in [6.45, 7) is 0. The van der Waals surface area contributed by atoms with Crippen LogP contribution in [0.4, 0.5) is 5.69 Å². The van der Waals surface area contributed by atoms with Crippen LogP contribution in [0.5, 0.6) is 0 Å². The minimum absolute atomic E-state index is 0.273. The van der Waals surface area contributed by atoms with Crippen molar-refractivity contribution in [3.63, 3.8) is 0 Å². The standard InChI is InChI=1S/C12H7Cl3N2/c13-8-5-6-11(16-7-8)12(15)17-10-4-2-1-3-9(10)14/h1-7H/b17-12-. The van der Waals surface area contributed by atoms with Gasteiger partial charge in [0.15, 0.2) is 5.17 Å². The van der Waals surface area contributed by atoms with Gasteiger partial charge < -0.3 is 0 Å². The van der Waals surface area contributed by atoms with Crippen molar-refractivity contribution in [3.05, 3.63) is 58.3 Å². The summed E-state index contributed by atoms with van der Waals surface area (Å²) in [6.07, 6.45) is 1.52. The lowest BCUT2D eigenvalue weighted by Gasteiger charge is -2.00. The van der Waals surface area contributed by atoms with Gasteiger partial charge in [0.25, 0.3) is 0 Å². The molecule has 0 aliphatic heterocycles. The Labute approximate surface area is 114 Å². The Morgan fingerprint density at radius 3 is 2.47 bits per heavy atom. The van der Waals surface area contributed by atoms with Crippen LogP contribution in [-0.4, -0.2) is 10.2 Å². The van der Waals surface area contributed by atoms with Gasteiger partial charge in [-0.25, -0.2) is 4.99 Å². The first-order chi connectivity index (χ1) is 8.16. The van der Waals surface area contributed by atoms with E-state index in [4.69, 9.17) is 34.8 Å². The molecule has 0 N–H and O–H groups in total. The smallest absolute Gasteiger partial charge is 0.155 e. The van der Waals surface area contributed by atoms with Crippen molar-refractivity contribution in [1.82, 2.24) is 4.98 Å². The molecule has 2 aromatic rings. The third kappa shape index (κ3) is 3.19. The highest BCUT2D eigenvalue weighted by molar-refractivity contribution is 6.69. The highest BCUT2D eigenvalue weighted by atomic mass is 35.5. The number of aromatic nitrogens is 1. The largest absolute Gasteiger partial charge is 0.252 e. The third-order valence-electron chi connectivity index (χ3n) is 2.01. The van der Waals surface area contributed by atoms with Gasteiger partial charge in [0.2, 0.25) is 0 Å². The molecule has 5 heteroatoms. The quantitative estimate of drug-likeness (QED) is 0.734. The van der Waals surface area contributed by atoms with Crippen LogP contribution in [0.2, 0.25) is 10.0 Å². The van der Waals surface area contributed by atoms with Crippen LogP contribution in [0.15, 0.2) is 47.6 Å². The summed E-state index contributed by atoms with van der Waals surface area (Å²) in [5.41, 5.74) is 1.16. The number of halogens is 3. The minimum Gasteiger partial charge on any atom is -0.252 e. The maximum absolute atomic E-state index is 6.05. The Bertz CT molecular complexity index is 550. The zero-order valence-electron chi connectivity index (χ0n) is 8.57. The summed E-state index contributed by atoms with van der Waals surface area (Å²) < 4.78 is 0. The van der Waals surface area contributed by atoms with Crippen molar-refractivity contribution in [2.45, 2.75) is 0 Å². The maximum atomic E-state index is 6.05. The Hall–Kier alpha value is -1.09. The fraction of sp³-hybridized carbons (Fsp3) is 0. The summed E-state index contributed by atoms with van der Waals surface area (Å²) in [7, 11) is 0. The summed E-state index contributed by atoms with van der Waals surface area (Å²) in [6, 6.07) is 10.6. The van der Waals surface area contributed by atoms with Gasteiger partial charge in [0, 0.05) is 6.20 Å². The Morgan fingerprint density at radius 2 is 1.82 bits per heavy atom. The van der Waals surface area contributed by atoms with Crippen LogP contribution >= 0.6 is 34.8 Å². The Kier molecular flexibility index (Phi) is 4.00. The van der Waals surface area contributed by atoms with Gasteiger partial charge in [0.05, 0.1) is 15.7 Å². The molecule has 1 aromatic carbocycles. The molecule has 1 heterocycles. The van der Waals surface area contributed by atoms with Gasteiger partial charge in [-0.15, -0.1) is 0 Å². The SMILES string of the molecule is Cl/C(=N\c1ccccc1Cl)c1ccc(Cl)cn1. The lowest BCUT2D eigenvalue weighted by Crippen LogP contribution is -1.94. The molecule has 0 radical (unpaired) electrons. The highest BCUT2D eigenvalue weighted by Gasteiger charge is 2.03. The molecular formula is C12H7Cl3N2. The Balaban J connectivity index is 2.34. The molecule has 0 aliphatic rings. The third-order valence-corrected chi connectivity index (χ3v) is 2.83. The van der Waals surface area contributed by atoms with Gasteiger partial charge >= 0.3 is 0 Å². The number of para-hydroxylation sites is 1. The topological polar surface area (TPSA) is 25.2 Å². The number of nitrogens with zero attached hydrogens (tertiary/aromatic N) is 2. The average molecular weight is 286 g/mol. The minimum atomic E-state index is 0.273. The van der Waals surface area contributed by atoms with E-state index < -0.39 is 0 Å². The second kappa shape index (κ2) is 5.50. The molecule has 86 valence electrons. The van der Waals surface area contributed by atoms with E-state index in [1.807, 2.05) is 12.1 Å². The predicted octanol–water partition coefficient (Wildman–Crippen LogP) is 4.71. The molecule has 2 nitrogen and oxygen atoms in total. The number of rotatable bonds is 2. The number of benzene rings is 1. The van der Waals surface area contributed by atoms with Gasteiger partial charge in [-0.05, 0) is 24.3 Å². The van der Waals surface area contributed by atoms with E-state index in [0.29, 0.717) is 21.4 Å². The van der Waals surface area contributed by atoms with E-state index in [0.717, 1.165) is 0 Å². The summed E-state index contributed by atoms with van der Waals surface area (Å²) >= 11 is 17.8. The van der Waals surface area contributed by atoms with Crippen molar-refractivity contribution in [2.24, 2.45) is 4.99 Å². The Morgan fingerprint density at radius 1 is 1.06 bits per heavy atom. The van der Waals surface area contributed by atoms with Crippen LogP contribution < -0.4 is 0 Å². The molecule has 0 unspecified atom stereocenters. The van der Waals surface area contributed by atoms with E-state index in [2.05, 4.69) is 9.98 Å². The van der Waals surface area contributed by atoms with Crippen LogP contribution in [0.3, 0.4) is 0 Å². The van der Waals surface area contributed by atoms with Gasteiger partial charge in [-0.2, -0.15) is 0 Å². The fourth-order valence-electron chi connectivity index (χ4n) is 1.20. The maximum Gasteiger partial charge on any atom is 0.155 e. The molecule has 0 amide bonds. The molecule has 1 aromatic heterocycles. The van der Waals surface area contributed by atoms with E-state index in [1.54, 1.807) is 24.3 Å². The van der Waals surface area contributed by atoms with Crippen molar-refractivity contribution < 1.29 is 0 Å². The van der Waals surface area contributed by atoms with Crippen molar-refractivity contribution in [1.29, 1.82) is 0 Å². The summed E-state index contributed by atoms with van der Waals surface area (Å²) in [5, 5.41) is 1.37. The van der Waals surface area contributed by atoms with Crippen LogP contribution in [0, 0.1) is 0 Å². The number of hydrogen-bond donors (Lipinski definition) is 0. The molecule has 17 heavy (non-hydrogen) atoms. The van der Waals surface area contributed by atoms with Crippen molar-refractivity contribution in [2.75, 3.05) is 0 Å². The van der Waals surface area contributed by atoms with Crippen LogP contribution in [0.1, 0.15) is 5.69 Å². The number of hydrogen-bond acceptors (Lipinski definition) is 2. The van der Waals surface area contributed by atoms with Crippen LogP contribution in [0.25, 0.3) is 0 Å². The molecule has 0 aliphatic carbocycles. The molecule has 0 saturated heterocycles. The molecule has 0 atom stereocenters. The highest BCUT2D eigenvalue weighted by Crippen LogP contribution is 2.25. The summed E-state index contributed by atoms with van der Waals surface area (Å²) in [5.74, 6) is 0. The van der Waals surface area contributed by atoms with E-state index in [9.17, 15) is 0 Å². The van der Waals surface area contributed by atoms with E-state index in [-0.39, 0.29) is 5.17 Å². The second-order valence-electron chi connectivity index (χ2n) is 3.22. The first-order valence-electron chi connectivity index (χ1n) is 4.77. The van der Waals surface area contributed by atoms with Crippen molar-refractivity contribution in [3.8, 4) is 0 Å². The van der Waals surface area contributed by atoms with E-state index >= 15 is 0 Å². The lowest BCUT2D eigenvalue weighted by atomic mass is 10.3. The second-order valence-corrected chi connectivity index (χ2v) is 4.42. The lowest BCUT2D eigenvalue weighted by molar-refractivity contribution is 1.29. The zero-order valence-corrected chi connectivity index (χ0v) is 10.8. The molecule has 2 rings (SSSR count). The van der Waals surface area contributed by atoms with E-state index in [1.165, 1.54) is 6.20 Å². The predicted molar refractivity (Wildman–Crippen MR) is 72.7 cm³/mol. The van der Waals surface area contributed by atoms with Gasteiger partial charge in [0.1, 0.15) is 5.69 Å². The zero-order chi connectivity index (χ0) is 12.3.